The van der Waals surface area contributed by atoms with Gasteiger partial charge in [0, 0.05) is 36.6 Å². The Labute approximate surface area is 195 Å². The molecule has 0 radical (unpaired) electrons. The normalized spacial score (nSPS) is 12.9. The lowest BCUT2D eigenvalue weighted by atomic mass is 10.1. The summed E-state index contributed by atoms with van der Waals surface area (Å²) in [6.07, 6.45) is 1.69. The third-order valence-corrected chi connectivity index (χ3v) is 5.16. The van der Waals surface area contributed by atoms with E-state index < -0.39 is 15.3 Å². The first kappa shape index (κ1) is 26.9. The molecule has 0 fully saturated rings. The number of para-hydroxylation sites is 1. The highest BCUT2D eigenvalue weighted by Gasteiger charge is 2.17. The molecule has 3 rings (SSSR count). The molecule has 0 aliphatic carbocycles. The summed E-state index contributed by atoms with van der Waals surface area (Å²) in [6.45, 7) is 10.6. The first-order valence-corrected chi connectivity index (χ1v) is 12.7. The van der Waals surface area contributed by atoms with Gasteiger partial charge in [-0.2, -0.15) is 13.6 Å². The molecule has 0 aliphatic rings. The first-order chi connectivity index (χ1) is 15.4. The van der Waals surface area contributed by atoms with E-state index in [4.69, 9.17) is 4.55 Å². The van der Waals surface area contributed by atoms with E-state index in [0.717, 1.165) is 36.1 Å². The van der Waals surface area contributed by atoms with Gasteiger partial charge in [-0.1, -0.05) is 24.3 Å². The Morgan fingerprint density at radius 2 is 1.64 bits per heavy atom. The van der Waals surface area contributed by atoms with Crippen LogP contribution >= 0.6 is 0 Å². The molecule has 1 heterocycles. The molecule has 0 bridgehead atoms. The summed E-state index contributed by atoms with van der Waals surface area (Å²) in [7, 11) is -3.67. The largest absolute Gasteiger partial charge is 0.595 e. The minimum Gasteiger partial charge on any atom is -0.595 e. The molecular formula is C23H34N4O5S. The SMILES string of the molecule is CC(C)N(CCCNc1c2ccccc2nc2cccc([NH+]([O-])O)c12)C(C)C.CS(=O)(=O)O. The lowest BCUT2D eigenvalue weighted by Crippen LogP contribution is -2.99. The summed E-state index contributed by atoms with van der Waals surface area (Å²) in [6, 6.07) is 14.1. The zero-order valence-corrected chi connectivity index (χ0v) is 20.6. The van der Waals surface area contributed by atoms with Crippen LogP contribution in [0.1, 0.15) is 34.1 Å². The summed E-state index contributed by atoms with van der Waals surface area (Å²) in [4.78, 5) is 7.14. The number of aromatic nitrogens is 1. The maximum atomic E-state index is 11.8. The van der Waals surface area contributed by atoms with Crippen molar-refractivity contribution in [2.45, 2.75) is 46.2 Å². The fourth-order valence-corrected chi connectivity index (χ4v) is 3.89. The predicted molar refractivity (Wildman–Crippen MR) is 133 cm³/mol. The molecule has 2 aromatic carbocycles. The molecule has 0 saturated carbocycles. The van der Waals surface area contributed by atoms with Crippen molar-refractivity contribution < 1.29 is 23.4 Å². The minimum absolute atomic E-state index is 0.282. The fourth-order valence-electron chi connectivity index (χ4n) is 3.89. The second kappa shape index (κ2) is 11.7. The zero-order chi connectivity index (χ0) is 24.8. The summed E-state index contributed by atoms with van der Waals surface area (Å²) in [5, 5.41) is 25.7. The molecule has 4 N–H and O–H groups in total. The molecule has 0 saturated heterocycles. The van der Waals surface area contributed by atoms with E-state index in [0.29, 0.717) is 29.2 Å². The quantitative estimate of drug-likeness (QED) is 0.168. The Hall–Kier alpha value is -2.34. The number of nitrogens with zero attached hydrogens (tertiary/aromatic N) is 2. The molecular weight excluding hydrogens is 444 g/mol. The highest BCUT2D eigenvalue weighted by molar-refractivity contribution is 7.85. The van der Waals surface area contributed by atoms with Crippen LogP contribution in [0.2, 0.25) is 0 Å². The van der Waals surface area contributed by atoms with Crippen molar-refractivity contribution in [3.8, 4) is 0 Å². The molecule has 33 heavy (non-hydrogen) atoms. The van der Waals surface area contributed by atoms with Crippen LogP contribution in [0, 0.1) is 5.21 Å². The highest BCUT2D eigenvalue weighted by Crippen LogP contribution is 2.34. The minimum atomic E-state index is -3.67. The Bertz CT molecular complexity index is 1150. The Kier molecular flexibility index (Phi) is 9.53. The van der Waals surface area contributed by atoms with Crippen LogP contribution in [0.25, 0.3) is 21.8 Å². The Morgan fingerprint density at radius 1 is 1.06 bits per heavy atom. The van der Waals surface area contributed by atoms with Crippen molar-refractivity contribution in [2.75, 3.05) is 24.7 Å². The van der Waals surface area contributed by atoms with Gasteiger partial charge in [0.05, 0.1) is 28.4 Å². The van der Waals surface area contributed by atoms with E-state index in [9.17, 15) is 18.8 Å². The molecule has 0 aliphatic heterocycles. The number of rotatable bonds is 8. The first-order valence-electron chi connectivity index (χ1n) is 10.9. The third kappa shape index (κ3) is 7.88. The fraction of sp³-hybridized carbons (Fsp3) is 0.435. The molecule has 0 spiro atoms. The number of fused-ring (bicyclic) bond motifs is 2. The number of quaternary nitrogens is 1. The van der Waals surface area contributed by atoms with Gasteiger partial charge in [0.25, 0.3) is 10.1 Å². The van der Waals surface area contributed by atoms with Crippen molar-refractivity contribution in [1.29, 1.82) is 0 Å². The van der Waals surface area contributed by atoms with Crippen molar-refractivity contribution in [3.05, 3.63) is 47.7 Å². The van der Waals surface area contributed by atoms with E-state index in [-0.39, 0.29) is 5.69 Å². The third-order valence-electron chi connectivity index (χ3n) is 5.16. The van der Waals surface area contributed by atoms with Gasteiger partial charge in [0.2, 0.25) is 0 Å². The maximum Gasteiger partial charge on any atom is 0.261 e. The number of benzene rings is 2. The topological polar surface area (TPSA) is 130 Å². The van der Waals surface area contributed by atoms with E-state index >= 15 is 0 Å². The van der Waals surface area contributed by atoms with Crippen LogP contribution < -0.4 is 10.5 Å². The van der Waals surface area contributed by atoms with Crippen LogP contribution in [0.5, 0.6) is 0 Å². The van der Waals surface area contributed by atoms with Crippen molar-refractivity contribution >= 4 is 43.3 Å². The number of nitrogens with one attached hydrogen (secondary N) is 2. The summed E-state index contributed by atoms with van der Waals surface area (Å²) < 4.78 is 25.9. The average Bonchev–Trinajstić information content (AvgIpc) is 2.70. The number of pyridine rings is 1. The van der Waals surface area contributed by atoms with Crippen LogP contribution in [0.4, 0.5) is 11.4 Å². The van der Waals surface area contributed by atoms with E-state index in [1.165, 1.54) is 0 Å². The lowest BCUT2D eigenvalue weighted by Gasteiger charge is -2.30. The number of hydrogen-bond acceptors (Lipinski definition) is 7. The maximum absolute atomic E-state index is 11.8. The molecule has 1 unspecified atom stereocenters. The molecule has 0 amide bonds. The second-order valence-electron chi connectivity index (χ2n) is 8.45. The van der Waals surface area contributed by atoms with Gasteiger partial charge in [-0.05, 0) is 46.2 Å². The van der Waals surface area contributed by atoms with Crippen LogP contribution in [0.15, 0.2) is 42.5 Å². The van der Waals surface area contributed by atoms with Gasteiger partial charge in [-0.25, -0.2) is 10.2 Å². The van der Waals surface area contributed by atoms with Crippen molar-refractivity contribution in [1.82, 2.24) is 9.88 Å². The molecule has 10 heteroatoms. The van der Waals surface area contributed by atoms with E-state index in [2.05, 4.69) is 42.9 Å². The Morgan fingerprint density at radius 3 is 2.21 bits per heavy atom. The van der Waals surface area contributed by atoms with E-state index in [1.54, 1.807) is 12.1 Å². The van der Waals surface area contributed by atoms with Gasteiger partial charge >= 0.3 is 0 Å². The van der Waals surface area contributed by atoms with Gasteiger partial charge in [-0.15, -0.1) is 0 Å². The average molecular weight is 479 g/mol. The monoisotopic (exact) mass is 478 g/mol. The summed E-state index contributed by atoms with van der Waals surface area (Å²) in [5.41, 5.74) is 2.71. The highest BCUT2D eigenvalue weighted by atomic mass is 32.2. The standard InChI is InChI=1S/C22H30N4O2.CH4O3S/c1-15(2)25(16(3)4)14-8-13-23-22-17-9-5-6-10-18(17)24-19-11-7-12-20(21(19)22)26(27)28;1-5(2,3)4/h5-7,9-12,15-16,26-27H,8,13-14H2,1-4H3,(H,23,24);1H3,(H,2,3,4). The van der Waals surface area contributed by atoms with Crippen molar-refractivity contribution in [2.24, 2.45) is 0 Å². The second-order valence-corrected chi connectivity index (χ2v) is 9.91. The predicted octanol–water partition coefficient (Wildman–Crippen LogP) is 3.22. The molecule has 182 valence electrons. The number of anilines is 1. The zero-order valence-electron chi connectivity index (χ0n) is 19.7. The van der Waals surface area contributed by atoms with Crippen LogP contribution in [0.3, 0.4) is 0 Å². The van der Waals surface area contributed by atoms with Crippen LogP contribution in [-0.2, 0) is 10.1 Å². The molecule has 9 nitrogen and oxygen atoms in total. The van der Waals surface area contributed by atoms with Gasteiger partial charge in [0.15, 0.2) is 5.69 Å². The number of hydrogen-bond donors (Lipinski definition) is 4. The molecule has 3 aromatic rings. The van der Waals surface area contributed by atoms with Gasteiger partial charge in [0.1, 0.15) is 0 Å². The molecule has 1 aromatic heterocycles. The van der Waals surface area contributed by atoms with Gasteiger partial charge in [-0.3, -0.25) is 9.45 Å². The summed E-state index contributed by atoms with van der Waals surface area (Å²) >= 11 is 0. The van der Waals surface area contributed by atoms with Gasteiger partial charge < -0.3 is 10.5 Å². The van der Waals surface area contributed by atoms with Crippen molar-refractivity contribution in [3.63, 3.8) is 0 Å². The van der Waals surface area contributed by atoms with E-state index in [1.807, 2.05) is 30.3 Å². The molecule has 1 atom stereocenters. The Balaban J connectivity index is 0.000000696. The lowest BCUT2D eigenvalue weighted by molar-refractivity contribution is -0.990. The van der Waals surface area contributed by atoms with Crippen LogP contribution in [-0.4, -0.2) is 59.5 Å². The summed E-state index contributed by atoms with van der Waals surface area (Å²) in [5.74, 6) is 0. The smallest absolute Gasteiger partial charge is 0.261 e.